The Morgan fingerprint density at radius 2 is 1.62 bits per heavy atom. The van der Waals surface area contributed by atoms with Gasteiger partial charge in [0.25, 0.3) is 0 Å². The molecule has 2 aliphatic rings. The molecule has 2 amide bonds. The van der Waals surface area contributed by atoms with Crippen molar-refractivity contribution in [2.24, 2.45) is 17.3 Å². The van der Waals surface area contributed by atoms with Gasteiger partial charge in [0.05, 0.1) is 5.92 Å². The van der Waals surface area contributed by atoms with Gasteiger partial charge in [-0.05, 0) is 33.6 Å². The predicted octanol–water partition coefficient (Wildman–Crippen LogP) is 4.12. The Labute approximate surface area is 200 Å². The Bertz CT molecular complexity index is 1050. The number of carbonyl (C=O) groups excluding carboxylic acids is 2. The van der Waals surface area contributed by atoms with E-state index in [0.717, 1.165) is 11.1 Å². The molecular weight excluding hydrogens is 432 g/mol. The van der Waals surface area contributed by atoms with Gasteiger partial charge in [-0.1, -0.05) is 69.3 Å². The molecule has 1 aliphatic carbocycles. The number of hydrogen-bond acceptors (Lipinski definition) is 4. The van der Waals surface area contributed by atoms with Gasteiger partial charge in [0, 0.05) is 32.0 Å². The molecule has 0 bridgehead atoms. The molecule has 2 atom stereocenters. The highest BCUT2D eigenvalue weighted by molar-refractivity contribution is 5.80. The molecule has 1 aliphatic heterocycles. The summed E-state index contributed by atoms with van der Waals surface area (Å²) in [5.74, 6) is -1.55. The summed E-state index contributed by atoms with van der Waals surface area (Å²) in [5, 5.41) is 12.1. The molecule has 1 saturated heterocycles. The van der Waals surface area contributed by atoms with E-state index in [1.165, 1.54) is 11.1 Å². The van der Waals surface area contributed by atoms with Gasteiger partial charge in [-0.15, -0.1) is 0 Å². The molecule has 0 spiro atoms. The van der Waals surface area contributed by atoms with Crippen LogP contribution in [0, 0.1) is 17.3 Å². The van der Waals surface area contributed by atoms with Crippen molar-refractivity contribution in [2.75, 3.05) is 26.2 Å². The van der Waals surface area contributed by atoms with E-state index in [1.54, 1.807) is 4.90 Å². The summed E-state index contributed by atoms with van der Waals surface area (Å²) in [6, 6.07) is 16.3. The minimum atomic E-state index is -0.862. The molecule has 1 fully saturated rings. The van der Waals surface area contributed by atoms with Crippen LogP contribution in [0.5, 0.6) is 0 Å². The van der Waals surface area contributed by atoms with Gasteiger partial charge < -0.3 is 20.1 Å². The van der Waals surface area contributed by atoms with Crippen molar-refractivity contribution in [1.82, 2.24) is 10.2 Å². The number of nitrogens with one attached hydrogen (secondary N) is 1. The number of rotatable bonds is 7. The van der Waals surface area contributed by atoms with Gasteiger partial charge in [-0.2, -0.15) is 0 Å². The summed E-state index contributed by atoms with van der Waals surface area (Å²) in [6.45, 7) is 6.88. The Kier molecular flexibility index (Phi) is 6.64. The van der Waals surface area contributed by atoms with Gasteiger partial charge in [0.1, 0.15) is 6.61 Å². The topological polar surface area (TPSA) is 95.9 Å². The fourth-order valence-electron chi connectivity index (χ4n) is 5.04. The van der Waals surface area contributed by atoms with E-state index in [0.29, 0.717) is 6.54 Å². The zero-order valence-electron chi connectivity index (χ0n) is 19.9. The molecule has 4 rings (SSSR count). The Morgan fingerprint density at radius 3 is 2.18 bits per heavy atom. The highest BCUT2D eigenvalue weighted by atomic mass is 16.5. The molecule has 0 saturated carbocycles. The lowest BCUT2D eigenvalue weighted by atomic mass is 9.88. The molecule has 34 heavy (non-hydrogen) atoms. The molecule has 2 aromatic rings. The lowest BCUT2D eigenvalue weighted by Crippen LogP contribution is -2.39. The molecule has 0 radical (unpaired) electrons. The highest BCUT2D eigenvalue weighted by Crippen LogP contribution is 2.44. The molecule has 0 aromatic heterocycles. The number of fused-ring (bicyclic) bond motifs is 3. The zero-order chi connectivity index (χ0) is 24.5. The maximum Gasteiger partial charge on any atom is 0.407 e. The van der Waals surface area contributed by atoms with Crippen molar-refractivity contribution in [3.63, 3.8) is 0 Å². The normalized spacial score (nSPS) is 19.4. The Morgan fingerprint density at radius 1 is 1.03 bits per heavy atom. The molecule has 7 nitrogen and oxygen atoms in total. The lowest BCUT2D eigenvalue weighted by Gasteiger charge is -2.27. The first-order valence-corrected chi connectivity index (χ1v) is 11.8. The zero-order valence-corrected chi connectivity index (χ0v) is 19.9. The molecule has 1 heterocycles. The van der Waals surface area contributed by atoms with E-state index in [2.05, 4.69) is 29.6 Å². The number of benzene rings is 2. The summed E-state index contributed by atoms with van der Waals surface area (Å²) in [6.07, 6.45) is -0.293. The summed E-state index contributed by atoms with van der Waals surface area (Å²) >= 11 is 0. The van der Waals surface area contributed by atoms with Gasteiger partial charge in [0.15, 0.2) is 0 Å². The summed E-state index contributed by atoms with van der Waals surface area (Å²) in [4.78, 5) is 38.2. The van der Waals surface area contributed by atoms with Crippen LogP contribution in [-0.4, -0.2) is 54.2 Å². The van der Waals surface area contributed by atoms with Crippen LogP contribution < -0.4 is 5.32 Å². The monoisotopic (exact) mass is 464 g/mol. The van der Waals surface area contributed by atoms with Crippen LogP contribution in [0.15, 0.2) is 48.5 Å². The van der Waals surface area contributed by atoms with Crippen molar-refractivity contribution in [1.29, 1.82) is 0 Å². The average molecular weight is 465 g/mol. The molecular formula is C27H32N2O5. The predicted molar refractivity (Wildman–Crippen MR) is 128 cm³/mol. The maximum atomic E-state index is 12.7. The smallest absolute Gasteiger partial charge is 0.407 e. The van der Waals surface area contributed by atoms with Crippen LogP contribution in [0.4, 0.5) is 4.79 Å². The van der Waals surface area contributed by atoms with Crippen molar-refractivity contribution >= 4 is 18.0 Å². The number of hydrogen-bond donors (Lipinski definition) is 2. The molecule has 0 unspecified atom stereocenters. The summed E-state index contributed by atoms with van der Waals surface area (Å²) in [7, 11) is 0. The van der Waals surface area contributed by atoms with Gasteiger partial charge in [0.2, 0.25) is 5.91 Å². The number of alkyl carbamates (subject to hydrolysis) is 1. The number of carboxylic acids is 1. The first-order valence-electron chi connectivity index (χ1n) is 11.8. The second kappa shape index (κ2) is 9.49. The third-order valence-electron chi connectivity index (χ3n) is 6.97. The second-order valence-electron chi connectivity index (χ2n) is 10.2. The third-order valence-corrected chi connectivity index (χ3v) is 6.97. The highest BCUT2D eigenvalue weighted by Gasteiger charge is 2.38. The van der Waals surface area contributed by atoms with Crippen LogP contribution in [0.2, 0.25) is 0 Å². The standard InChI is InChI=1S/C27H32N2O5/c1-17-13-29(14-22(17)25(31)32)24(30)12-27(2,3)16-28-26(33)34-15-23-20-10-6-4-8-18(20)19-9-5-7-11-21(19)23/h4-11,17,22-23H,12-16H2,1-3H3,(H,28,33)(H,31,32)/t17-,22-/m1/s1. The van der Waals surface area contributed by atoms with E-state index < -0.39 is 23.4 Å². The number of carbonyl (C=O) groups is 3. The van der Waals surface area contributed by atoms with Gasteiger partial charge in [-0.3, -0.25) is 9.59 Å². The third kappa shape index (κ3) is 4.93. The summed E-state index contributed by atoms with van der Waals surface area (Å²) < 4.78 is 5.58. The SMILES string of the molecule is C[C@@H]1CN(C(=O)CC(C)(C)CNC(=O)OCC2c3ccccc3-c3ccccc32)C[C@H]1C(=O)O. The Hall–Kier alpha value is -3.35. The van der Waals surface area contributed by atoms with Crippen molar-refractivity contribution in [2.45, 2.75) is 33.1 Å². The van der Waals surface area contributed by atoms with Crippen LogP contribution in [0.3, 0.4) is 0 Å². The number of carboxylic acid groups (broad SMARTS) is 1. The fraction of sp³-hybridized carbons (Fsp3) is 0.444. The summed E-state index contributed by atoms with van der Waals surface area (Å²) in [5.41, 5.74) is 4.16. The van der Waals surface area contributed by atoms with Crippen LogP contribution in [-0.2, 0) is 14.3 Å². The lowest BCUT2D eigenvalue weighted by molar-refractivity contribution is -0.142. The quantitative estimate of drug-likeness (QED) is 0.643. The van der Waals surface area contributed by atoms with E-state index >= 15 is 0 Å². The Balaban J connectivity index is 1.29. The molecule has 7 heteroatoms. The molecule has 2 N–H and O–H groups in total. The average Bonchev–Trinajstić information content (AvgIpc) is 3.35. The molecule has 2 aromatic carbocycles. The van der Waals surface area contributed by atoms with Crippen LogP contribution >= 0.6 is 0 Å². The van der Waals surface area contributed by atoms with E-state index in [9.17, 15) is 19.5 Å². The largest absolute Gasteiger partial charge is 0.481 e. The minimum absolute atomic E-state index is 0.00734. The second-order valence-corrected chi connectivity index (χ2v) is 10.2. The fourth-order valence-corrected chi connectivity index (χ4v) is 5.04. The van der Waals surface area contributed by atoms with Crippen molar-refractivity contribution < 1.29 is 24.2 Å². The number of likely N-dealkylation sites (tertiary alicyclic amines) is 1. The van der Waals surface area contributed by atoms with E-state index in [1.807, 2.05) is 45.0 Å². The first kappa shape index (κ1) is 23.8. The maximum absolute atomic E-state index is 12.7. The van der Waals surface area contributed by atoms with Crippen molar-refractivity contribution in [3.05, 3.63) is 59.7 Å². The van der Waals surface area contributed by atoms with E-state index in [-0.39, 0.29) is 43.9 Å². The number of amides is 2. The van der Waals surface area contributed by atoms with Crippen LogP contribution in [0.25, 0.3) is 11.1 Å². The van der Waals surface area contributed by atoms with Gasteiger partial charge >= 0.3 is 12.1 Å². The molecule has 180 valence electrons. The first-order chi connectivity index (χ1) is 16.2. The van der Waals surface area contributed by atoms with Crippen LogP contribution in [0.1, 0.15) is 44.2 Å². The van der Waals surface area contributed by atoms with Gasteiger partial charge in [-0.25, -0.2) is 4.79 Å². The number of ether oxygens (including phenoxy) is 1. The van der Waals surface area contributed by atoms with E-state index in [4.69, 9.17) is 4.74 Å². The van der Waals surface area contributed by atoms with Crippen molar-refractivity contribution in [3.8, 4) is 11.1 Å². The number of nitrogens with zero attached hydrogens (tertiary/aromatic N) is 1. The number of aliphatic carboxylic acids is 1. The minimum Gasteiger partial charge on any atom is -0.481 e.